The van der Waals surface area contributed by atoms with Crippen molar-refractivity contribution in [2.45, 2.75) is 44.4 Å². The second kappa shape index (κ2) is 6.39. The lowest BCUT2D eigenvalue weighted by Crippen LogP contribution is -2.09. The maximum absolute atomic E-state index is 11.5. The number of carboxylic acid groups (broad SMARTS) is 1. The number of hydrogen-bond donors (Lipinski definition) is 1. The Bertz CT molecular complexity index is 615. The first-order chi connectivity index (χ1) is 10.2. The topological polar surface area (TPSA) is 50.2 Å². The molecular weight excluding hydrogens is 282 g/mol. The molecule has 0 saturated heterocycles. The fourth-order valence-corrected chi connectivity index (χ4v) is 4.05. The first-order valence-electron chi connectivity index (χ1n) is 7.51. The Kier molecular flexibility index (Phi) is 4.34. The van der Waals surface area contributed by atoms with E-state index in [0.717, 1.165) is 30.0 Å². The molecule has 0 spiro atoms. The van der Waals surface area contributed by atoms with Gasteiger partial charge < -0.3 is 5.11 Å². The molecule has 0 aliphatic heterocycles. The molecule has 1 fully saturated rings. The smallest absolute Gasteiger partial charge is 0.347 e. The highest BCUT2D eigenvalue weighted by atomic mass is 32.1. The number of hydrogen-bond acceptors (Lipinski definition) is 3. The van der Waals surface area contributed by atoms with Gasteiger partial charge in [0.2, 0.25) is 0 Å². The van der Waals surface area contributed by atoms with E-state index in [1.165, 1.54) is 36.2 Å². The SMILES string of the molecule is O=C(O)c1sc(Cc2ccccc2)nc1C1CCCCC1. The predicted molar refractivity (Wildman–Crippen MR) is 84.1 cm³/mol. The summed E-state index contributed by atoms with van der Waals surface area (Å²) in [5.74, 6) is -0.488. The minimum absolute atomic E-state index is 0.339. The molecule has 3 nitrogen and oxygen atoms in total. The second-order valence-corrected chi connectivity index (χ2v) is 6.71. The molecular formula is C17H19NO2S. The van der Waals surface area contributed by atoms with Gasteiger partial charge in [-0.2, -0.15) is 0 Å². The highest BCUT2D eigenvalue weighted by Gasteiger charge is 2.25. The van der Waals surface area contributed by atoms with Crippen LogP contribution < -0.4 is 0 Å². The molecule has 1 saturated carbocycles. The van der Waals surface area contributed by atoms with Crippen molar-refractivity contribution in [1.82, 2.24) is 4.98 Å². The van der Waals surface area contributed by atoms with Crippen molar-refractivity contribution in [3.05, 3.63) is 51.5 Å². The third-order valence-corrected chi connectivity index (χ3v) is 5.14. The summed E-state index contributed by atoms with van der Waals surface area (Å²) in [6.07, 6.45) is 6.52. The van der Waals surface area contributed by atoms with Gasteiger partial charge in [-0.15, -0.1) is 11.3 Å². The molecule has 0 amide bonds. The average Bonchev–Trinajstić information content (AvgIpc) is 2.93. The summed E-state index contributed by atoms with van der Waals surface area (Å²) in [5.41, 5.74) is 2.01. The first kappa shape index (κ1) is 14.3. The largest absolute Gasteiger partial charge is 0.477 e. The van der Waals surface area contributed by atoms with Gasteiger partial charge in [0.05, 0.1) is 10.7 Å². The number of rotatable bonds is 4. The van der Waals surface area contributed by atoms with Crippen molar-refractivity contribution < 1.29 is 9.90 Å². The van der Waals surface area contributed by atoms with Gasteiger partial charge in [-0.1, -0.05) is 49.6 Å². The average molecular weight is 301 g/mol. The molecule has 1 aliphatic carbocycles. The van der Waals surface area contributed by atoms with Crippen molar-refractivity contribution in [3.8, 4) is 0 Å². The fourth-order valence-electron chi connectivity index (χ4n) is 3.03. The number of aromatic nitrogens is 1. The third-order valence-electron chi connectivity index (χ3n) is 4.08. The zero-order valence-corrected chi connectivity index (χ0v) is 12.7. The van der Waals surface area contributed by atoms with E-state index in [-0.39, 0.29) is 0 Å². The zero-order chi connectivity index (χ0) is 14.7. The molecule has 0 unspecified atom stereocenters. The van der Waals surface area contributed by atoms with E-state index in [1.807, 2.05) is 18.2 Å². The molecule has 1 N–H and O–H groups in total. The Labute approximate surface area is 128 Å². The number of carbonyl (C=O) groups is 1. The quantitative estimate of drug-likeness (QED) is 0.905. The van der Waals surface area contributed by atoms with Crippen LogP contribution in [0.3, 0.4) is 0 Å². The highest BCUT2D eigenvalue weighted by molar-refractivity contribution is 7.13. The molecule has 3 rings (SSSR count). The molecule has 0 atom stereocenters. The number of carboxylic acids is 1. The summed E-state index contributed by atoms with van der Waals surface area (Å²) < 4.78 is 0. The van der Waals surface area contributed by atoms with E-state index in [9.17, 15) is 9.90 Å². The molecule has 1 aromatic carbocycles. The second-order valence-electron chi connectivity index (χ2n) is 5.62. The van der Waals surface area contributed by atoms with Crippen molar-refractivity contribution in [2.24, 2.45) is 0 Å². The van der Waals surface area contributed by atoms with Gasteiger partial charge in [-0.05, 0) is 18.4 Å². The standard InChI is InChI=1S/C17H19NO2S/c19-17(20)16-15(13-9-5-2-6-10-13)18-14(21-16)11-12-7-3-1-4-8-12/h1,3-4,7-8,13H,2,5-6,9-11H2,(H,19,20). The van der Waals surface area contributed by atoms with Crippen molar-refractivity contribution in [2.75, 3.05) is 0 Å². The maximum atomic E-state index is 11.5. The van der Waals surface area contributed by atoms with Crippen LogP contribution in [0.2, 0.25) is 0 Å². The van der Waals surface area contributed by atoms with E-state index in [2.05, 4.69) is 17.1 Å². The normalized spacial score (nSPS) is 16.0. The maximum Gasteiger partial charge on any atom is 0.347 e. The van der Waals surface area contributed by atoms with Crippen LogP contribution in [0, 0.1) is 0 Å². The molecule has 1 heterocycles. The van der Waals surface area contributed by atoms with Crippen LogP contribution in [-0.2, 0) is 6.42 Å². The molecule has 21 heavy (non-hydrogen) atoms. The Morgan fingerprint density at radius 1 is 1.19 bits per heavy atom. The lowest BCUT2D eigenvalue weighted by molar-refractivity contribution is 0.0700. The molecule has 4 heteroatoms. The van der Waals surface area contributed by atoms with Crippen LogP contribution in [0.1, 0.15) is 64.0 Å². The van der Waals surface area contributed by atoms with Crippen LogP contribution in [0.5, 0.6) is 0 Å². The molecule has 2 aromatic rings. The third kappa shape index (κ3) is 3.32. The van der Waals surface area contributed by atoms with Crippen molar-refractivity contribution in [1.29, 1.82) is 0 Å². The summed E-state index contributed by atoms with van der Waals surface area (Å²) in [7, 11) is 0. The van der Waals surface area contributed by atoms with Crippen LogP contribution in [0.15, 0.2) is 30.3 Å². The summed E-state index contributed by atoms with van der Waals surface area (Å²) >= 11 is 1.35. The number of aromatic carboxylic acids is 1. The van der Waals surface area contributed by atoms with Gasteiger partial charge >= 0.3 is 5.97 Å². The predicted octanol–water partition coefficient (Wildman–Crippen LogP) is 4.48. The molecule has 0 radical (unpaired) electrons. The minimum Gasteiger partial charge on any atom is -0.477 e. The Morgan fingerprint density at radius 2 is 1.90 bits per heavy atom. The Hall–Kier alpha value is -1.68. The number of nitrogens with zero attached hydrogens (tertiary/aromatic N) is 1. The van der Waals surface area contributed by atoms with Gasteiger partial charge in [0, 0.05) is 12.3 Å². The minimum atomic E-state index is -0.826. The van der Waals surface area contributed by atoms with Crippen LogP contribution in [0.4, 0.5) is 0 Å². The summed E-state index contributed by atoms with van der Waals surface area (Å²) in [5, 5.41) is 10.4. The lowest BCUT2D eigenvalue weighted by Gasteiger charge is -2.20. The fraction of sp³-hybridized carbons (Fsp3) is 0.412. The number of thiazole rings is 1. The van der Waals surface area contributed by atoms with Crippen LogP contribution >= 0.6 is 11.3 Å². The highest BCUT2D eigenvalue weighted by Crippen LogP contribution is 2.36. The summed E-state index contributed by atoms with van der Waals surface area (Å²) in [4.78, 5) is 16.6. The lowest BCUT2D eigenvalue weighted by atomic mass is 9.86. The molecule has 1 aliphatic rings. The van der Waals surface area contributed by atoms with E-state index in [1.54, 1.807) is 0 Å². The van der Waals surface area contributed by atoms with Gasteiger partial charge in [0.25, 0.3) is 0 Å². The van der Waals surface area contributed by atoms with Crippen LogP contribution in [-0.4, -0.2) is 16.1 Å². The Morgan fingerprint density at radius 3 is 2.57 bits per heavy atom. The number of benzene rings is 1. The molecule has 1 aromatic heterocycles. The monoisotopic (exact) mass is 301 g/mol. The van der Waals surface area contributed by atoms with Crippen molar-refractivity contribution >= 4 is 17.3 Å². The van der Waals surface area contributed by atoms with E-state index >= 15 is 0 Å². The van der Waals surface area contributed by atoms with Gasteiger partial charge in [-0.25, -0.2) is 9.78 Å². The summed E-state index contributed by atoms with van der Waals surface area (Å²) in [6, 6.07) is 10.1. The van der Waals surface area contributed by atoms with Gasteiger partial charge in [-0.3, -0.25) is 0 Å². The molecule has 0 bridgehead atoms. The van der Waals surface area contributed by atoms with Gasteiger partial charge in [0.1, 0.15) is 4.88 Å². The van der Waals surface area contributed by atoms with E-state index < -0.39 is 5.97 Å². The first-order valence-corrected chi connectivity index (χ1v) is 8.32. The zero-order valence-electron chi connectivity index (χ0n) is 11.9. The molecule has 110 valence electrons. The van der Waals surface area contributed by atoms with Crippen molar-refractivity contribution in [3.63, 3.8) is 0 Å². The summed E-state index contributed by atoms with van der Waals surface area (Å²) in [6.45, 7) is 0. The van der Waals surface area contributed by atoms with E-state index in [4.69, 9.17) is 0 Å². The van der Waals surface area contributed by atoms with E-state index in [0.29, 0.717) is 10.8 Å². The Balaban J connectivity index is 1.87. The van der Waals surface area contributed by atoms with Gasteiger partial charge in [0.15, 0.2) is 0 Å². The van der Waals surface area contributed by atoms with Crippen LogP contribution in [0.25, 0.3) is 0 Å².